The minimum absolute atomic E-state index is 0.160. The van der Waals surface area contributed by atoms with Gasteiger partial charge in [0.25, 0.3) is 0 Å². The molecule has 1 aromatic heterocycles. The number of ether oxygens (including phenoxy) is 1. The molecule has 1 N–H and O–H groups in total. The van der Waals surface area contributed by atoms with Crippen LogP contribution in [-0.2, 0) is 0 Å². The van der Waals surface area contributed by atoms with Crippen molar-refractivity contribution in [3.05, 3.63) is 48.0 Å². The van der Waals surface area contributed by atoms with Gasteiger partial charge in [-0.3, -0.25) is 0 Å². The predicted molar refractivity (Wildman–Crippen MR) is 70.3 cm³/mol. The standard InChI is InChI=1S/C14H11N3O2/c1-9-12(18)7-4-8-13(9)19-14-15-10-5-2-3-6-11(10)16-17-14/h2-8,18H,1H3. The summed E-state index contributed by atoms with van der Waals surface area (Å²) in [6.45, 7) is 1.76. The van der Waals surface area contributed by atoms with Crippen molar-refractivity contribution in [3.63, 3.8) is 0 Å². The third-order valence-corrected chi connectivity index (χ3v) is 2.80. The van der Waals surface area contributed by atoms with E-state index >= 15 is 0 Å². The Bertz CT molecular complexity index is 744. The minimum Gasteiger partial charge on any atom is -0.508 e. The molecule has 3 aromatic rings. The van der Waals surface area contributed by atoms with Crippen LogP contribution in [0.1, 0.15) is 5.56 Å². The van der Waals surface area contributed by atoms with Gasteiger partial charge in [0.1, 0.15) is 17.0 Å². The van der Waals surface area contributed by atoms with Crippen molar-refractivity contribution in [2.24, 2.45) is 0 Å². The maximum Gasteiger partial charge on any atom is 0.341 e. The molecule has 5 heteroatoms. The van der Waals surface area contributed by atoms with Crippen LogP contribution in [0.4, 0.5) is 0 Å². The second-order valence-corrected chi connectivity index (χ2v) is 4.09. The summed E-state index contributed by atoms with van der Waals surface area (Å²) in [7, 11) is 0. The van der Waals surface area contributed by atoms with E-state index in [-0.39, 0.29) is 11.8 Å². The lowest BCUT2D eigenvalue weighted by Crippen LogP contribution is -1.96. The van der Waals surface area contributed by atoms with Gasteiger partial charge in [0, 0.05) is 5.56 Å². The topological polar surface area (TPSA) is 68.1 Å². The number of phenolic OH excluding ortho intramolecular Hbond substituents is 1. The summed E-state index contributed by atoms with van der Waals surface area (Å²) in [5.74, 6) is 0.684. The molecule has 0 fully saturated rings. The molecule has 0 aliphatic heterocycles. The van der Waals surface area contributed by atoms with E-state index in [1.165, 1.54) is 0 Å². The molecule has 0 atom stereocenters. The summed E-state index contributed by atoms with van der Waals surface area (Å²) in [5.41, 5.74) is 2.06. The number of fused-ring (bicyclic) bond motifs is 1. The molecule has 0 aliphatic rings. The lowest BCUT2D eigenvalue weighted by atomic mass is 10.2. The smallest absolute Gasteiger partial charge is 0.341 e. The number of aromatic nitrogens is 3. The number of benzene rings is 2. The zero-order valence-electron chi connectivity index (χ0n) is 10.2. The Morgan fingerprint density at radius 3 is 2.58 bits per heavy atom. The van der Waals surface area contributed by atoms with Crippen molar-refractivity contribution >= 4 is 11.0 Å². The highest BCUT2D eigenvalue weighted by Crippen LogP contribution is 2.28. The lowest BCUT2D eigenvalue weighted by Gasteiger charge is -2.07. The van der Waals surface area contributed by atoms with Crippen LogP contribution in [0.15, 0.2) is 42.5 Å². The summed E-state index contributed by atoms with van der Waals surface area (Å²) in [6.07, 6.45) is 0. The molecule has 19 heavy (non-hydrogen) atoms. The first kappa shape index (κ1) is 11.4. The first-order valence-electron chi connectivity index (χ1n) is 5.80. The van der Waals surface area contributed by atoms with Gasteiger partial charge in [0.2, 0.25) is 0 Å². The van der Waals surface area contributed by atoms with Gasteiger partial charge in [-0.2, -0.15) is 4.98 Å². The van der Waals surface area contributed by atoms with E-state index in [0.717, 1.165) is 0 Å². The molecule has 0 aliphatic carbocycles. The molecular weight excluding hydrogens is 242 g/mol. The van der Waals surface area contributed by atoms with Crippen LogP contribution in [0.3, 0.4) is 0 Å². The van der Waals surface area contributed by atoms with Crippen LogP contribution in [0.2, 0.25) is 0 Å². The van der Waals surface area contributed by atoms with Crippen LogP contribution in [0, 0.1) is 6.92 Å². The van der Waals surface area contributed by atoms with E-state index in [9.17, 15) is 5.11 Å². The van der Waals surface area contributed by atoms with Crippen molar-refractivity contribution < 1.29 is 9.84 Å². The number of hydrogen-bond donors (Lipinski definition) is 1. The fraction of sp³-hybridized carbons (Fsp3) is 0.0714. The van der Waals surface area contributed by atoms with E-state index in [4.69, 9.17) is 4.74 Å². The van der Waals surface area contributed by atoms with Crippen molar-refractivity contribution in [3.8, 4) is 17.5 Å². The fourth-order valence-electron chi connectivity index (χ4n) is 1.72. The fourth-order valence-corrected chi connectivity index (χ4v) is 1.72. The monoisotopic (exact) mass is 253 g/mol. The van der Waals surface area contributed by atoms with Gasteiger partial charge in [0.15, 0.2) is 0 Å². The third-order valence-electron chi connectivity index (χ3n) is 2.80. The Morgan fingerprint density at radius 1 is 0.947 bits per heavy atom. The SMILES string of the molecule is Cc1c(O)cccc1Oc1nnc2ccccc2n1. The lowest BCUT2D eigenvalue weighted by molar-refractivity contribution is 0.422. The van der Waals surface area contributed by atoms with E-state index in [1.54, 1.807) is 25.1 Å². The first-order chi connectivity index (χ1) is 9.24. The highest BCUT2D eigenvalue weighted by molar-refractivity contribution is 5.73. The van der Waals surface area contributed by atoms with Gasteiger partial charge in [-0.15, -0.1) is 5.10 Å². The molecule has 0 spiro atoms. The highest BCUT2D eigenvalue weighted by Gasteiger charge is 2.08. The molecule has 0 saturated heterocycles. The first-order valence-corrected chi connectivity index (χ1v) is 5.80. The van der Waals surface area contributed by atoms with E-state index in [0.29, 0.717) is 22.3 Å². The molecular formula is C14H11N3O2. The zero-order chi connectivity index (χ0) is 13.2. The van der Waals surface area contributed by atoms with Gasteiger partial charge in [-0.25, -0.2) is 0 Å². The van der Waals surface area contributed by atoms with Gasteiger partial charge in [0.05, 0.1) is 5.52 Å². The molecule has 1 heterocycles. The Kier molecular flexibility index (Phi) is 2.72. The number of para-hydroxylation sites is 1. The van der Waals surface area contributed by atoms with Gasteiger partial charge in [-0.05, 0) is 31.2 Å². The normalized spacial score (nSPS) is 10.6. The third kappa shape index (κ3) is 2.18. The highest BCUT2D eigenvalue weighted by atomic mass is 16.5. The molecule has 3 rings (SSSR count). The number of nitrogens with zero attached hydrogens (tertiary/aromatic N) is 3. The minimum atomic E-state index is 0.160. The number of rotatable bonds is 2. The van der Waals surface area contributed by atoms with Gasteiger partial charge in [-0.1, -0.05) is 23.3 Å². The number of aromatic hydroxyl groups is 1. The van der Waals surface area contributed by atoms with E-state index < -0.39 is 0 Å². The average molecular weight is 253 g/mol. The molecule has 0 bridgehead atoms. The Balaban J connectivity index is 1.99. The van der Waals surface area contributed by atoms with Crippen LogP contribution < -0.4 is 4.74 Å². The van der Waals surface area contributed by atoms with Gasteiger partial charge >= 0.3 is 6.01 Å². The maximum absolute atomic E-state index is 9.61. The number of phenols is 1. The summed E-state index contributed by atoms with van der Waals surface area (Å²) >= 11 is 0. The molecule has 2 aromatic carbocycles. The Morgan fingerprint density at radius 2 is 1.74 bits per heavy atom. The van der Waals surface area contributed by atoms with Crippen LogP contribution in [-0.4, -0.2) is 20.3 Å². The van der Waals surface area contributed by atoms with Gasteiger partial charge < -0.3 is 9.84 Å². The zero-order valence-corrected chi connectivity index (χ0v) is 10.2. The average Bonchev–Trinajstić information content (AvgIpc) is 2.44. The maximum atomic E-state index is 9.61. The Hall–Kier alpha value is -2.69. The van der Waals surface area contributed by atoms with Crippen molar-refractivity contribution in [2.75, 3.05) is 0 Å². The second kappa shape index (κ2) is 4.53. The van der Waals surface area contributed by atoms with Crippen LogP contribution in [0.5, 0.6) is 17.5 Å². The summed E-state index contributed by atoms with van der Waals surface area (Å²) in [5, 5.41) is 17.6. The molecule has 0 saturated carbocycles. The molecule has 0 unspecified atom stereocenters. The van der Waals surface area contributed by atoms with Crippen molar-refractivity contribution in [2.45, 2.75) is 6.92 Å². The largest absolute Gasteiger partial charge is 0.508 e. The molecule has 0 amide bonds. The predicted octanol–water partition coefficient (Wildman–Crippen LogP) is 2.83. The molecule has 0 radical (unpaired) electrons. The van der Waals surface area contributed by atoms with E-state index in [1.807, 2.05) is 24.3 Å². The van der Waals surface area contributed by atoms with Crippen molar-refractivity contribution in [1.82, 2.24) is 15.2 Å². The van der Waals surface area contributed by atoms with Crippen molar-refractivity contribution in [1.29, 1.82) is 0 Å². The summed E-state index contributed by atoms with van der Waals surface area (Å²) < 4.78 is 5.55. The summed E-state index contributed by atoms with van der Waals surface area (Å²) in [6, 6.07) is 12.6. The number of hydrogen-bond acceptors (Lipinski definition) is 5. The van der Waals surface area contributed by atoms with E-state index in [2.05, 4.69) is 15.2 Å². The quantitative estimate of drug-likeness (QED) is 0.760. The van der Waals surface area contributed by atoms with Crippen LogP contribution >= 0.6 is 0 Å². The molecule has 94 valence electrons. The molecule has 5 nitrogen and oxygen atoms in total. The van der Waals surface area contributed by atoms with Crippen LogP contribution in [0.25, 0.3) is 11.0 Å². The Labute approximate surface area is 109 Å². The summed E-state index contributed by atoms with van der Waals surface area (Å²) in [4.78, 5) is 4.26. The second-order valence-electron chi connectivity index (χ2n) is 4.09.